The van der Waals surface area contributed by atoms with E-state index in [4.69, 9.17) is 23.2 Å². The number of rotatable bonds is 5. The summed E-state index contributed by atoms with van der Waals surface area (Å²) in [5.41, 5.74) is 2.17. The Hall–Kier alpha value is -0.0900. The third-order valence-electron chi connectivity index (χ3n) is 3.33. The van der Waals surface area contributed by atoms with Crippen molar-refractivity contribution in [2.24, 2.45) is 0 Å². The number of nitrogens with zero attached hydrogens (tertiary/aromatic N) is 1. The first-order chi connectivity index (χ1) is 9.61. The van der Waals surface area contributed by atoms with Crippen LogP contribution < -0.4 is 0 Å². The van der Waals surface area contributed by atoms with Crippen molar-refractivity contribution >= 4 is 55.1 Å². The molecule has 1 nitrogen and oxygen atoms in total. The highest BCUT2D eigenvalue weighted by Gasteiger charge is 2.31. The molecule has 0 N–H and O–H groups in total. The Balaban J connectivity index is 2.42. The third kappa shape index (κ3) is 3.56. The van der Waals surface area contributed by atoms with E-state index < -0.39 is 0 Å². The predicted octanol–water partition coefficient (Wildman–Crippen LogP) is 5.66. The Bertz CT molecular complexity index is 586. The van der Waals surface area contributed by atoms with E-state index in [2.05, 4.69) is 42.9 Å². The van der Waals surface area contributed by atoms with E-state index in [-0.39, 0.29) is 5.41 Å². The number of aromatic nitrogens is 1. The minimum Gasteiger partial charge on any atom is -0.263 e. The monoisotopic (exact) mass is 435 g/mol. The molecule has 0 aliphatic heterocycles. The van der Waals surface area contributed by atoms with Crippen molar-refractivity contribution < 1.29 is 0 Å². The first kappa shape index (κ1) is 16.3. The second-order valence-electron chi connectivity index (χ2n) is 4.70. The van der Waals surface area contributed by atoms with E-state index in [0.29, 0.717) is 5.02 Å². The number of benzene rings is 1. The van der Waals surface area contributed by atoms with Gasteiger partial charge < -0.3 is 0 Å². The molecular formula is C15H13Br2Cl2N. The third-order valence-corrected chi connectivity index (χ3v) is 6.06. The quantitative estimate of drug-likeness (QED) is 0.550. The number of alkyl halides is 2. The van der Waals surface area contributed by atoms with Crippen molar-refractivity contribution in [2.75, 3.05) is 10.7 Å². The van der Waals surface area contributed by atoms with Crippen LogP contribution in [0.2, 0.25) is 10.0 Å². The fourth-order valence-corrected chi connectivity index (χ4v) is 4.47. The number of pyridine rings is 1. The van der Waals surface area contributed by atoms with Crippen LogP contribution in [-0.4, -0.2) is 15.6 Å². The van der Waals surface area contributed by atoms with Gasteiger partial charge in [0, 0.05) is 33.5 Å². The molecule has 0 amide bonds. The van der Waals surface area contributed by atoms with Gasteiger partial charge in [-0.1, -0.05) is 67.2 Å². The molecule has 0 bridgehead atoms. The standard InChI is InChI=1S/C15H13Br2Cl2N/c16-9-15(10-17,12-2-1-3-13(18)6-12)7-11-4-5-20-8-14(11)19/h1-6,8H,7,9-10H2. The molecule has 0 aliphatic rings. The molecule has 0 radical (unpaired) electrons. The second-order valence-corrected chi connectivity index (χ2v) is 6.67. The molecule has 0 saturated heterocycles. The van der Waals surface area contributed by atoms with E-state index >= 15 is 0 Å². The zero-order valence-electron chi connectivity index (χ0n) is 10.6. The van der Waals surface area contributed by atoms with Crippen LogP contribution in [0.5, 0.6) is 0 Å². The Labute approximate surface area is 146 Å². The summed E-state index contributed by atoms with van der Waals surface area (Å²) in [5.74, 6) is 0. The minimum absolute atomic E-state index is 0.101. The lowest BCUT2D eigenvalue weighted by Crippen LogP contribution is -2.33. The SMILES string of the molecule is Clc1cccc(C(CBr)(CBr)Cc2ccncc2Cl)c1. The van der Waals surface area contributed by atoms with E-state index in [0.717, 1.165) is 27.7 Å². The molecule has 0 spiro atoms. The Kier molecular flexibility index (Phi) is 5.91. The van der Waals surface area contributed by atoms with Crippen LogP contribution >= 0.6 is 55.1 Å². The van der Waals surface area contributed by atoms with Crippen LogP contribution in [0.25, 0.3) is 0 Å². The summed E-state index contributed by atoms with van der Waals surface area (Å²) in [7, 11) is 0. The first-order valence-electron chi connectivity index (χ1n) is 6.08. The van der Waals surface area contributed by atoms with Gasteiger partial charge >= 0.3 is 0 Å². The highest BCUT2D eigenvalue weighted by atomic mass is 79.9. The summed E-state index contributed by atoms with van der Waals surface area (Å²) in [6, 6.07) is 9.94. The van der Waals surface area contributed by atoms with E-state index in [1.807, 2.05) is 24.3 Å². The predicted molar refractivity (Wildman–Crippen MR) is 93.7 cm³/mol. The number of hydrogen-bond acceptors (Lipinski definition) is 1. The smallest absolute Gasteiger partial charge is 0.0621 e. The molecule has 1 aromatic carbocycles. The van der Waals surface area contributed by atoms with Gasteiger partial charge in [-0.3, -0.25) is 4.98 Å². The lowest BCUT2D eigenvalue weighted by atomic mass is 9.79. The van der Waals surface area contributed by atoms with Crippen molar-refractivity contribution in [2.45, 2.75) is 11.8 Å². The van der Waals surface area contributed by atoms with Crippen LogP contribution in [0.3, 0.4) is 0 Å². The Morgan fingerprint density at radius 2 is 1.85 bits per heavy atom. The number of halogens is 4. The average Bonchev–Trinajstić information content (AvgIpc) is 2.47. The lowest BCUT2D eigenvalue weighted by molar-refractivity contribution is 0.551. The van der Waals surface area contributed by atoms with Gasteiger partial charge in [-0.05, 0) is 35.7 Å². The fourth-order valence-electron chi connectivity index (χ4n) is 2.12. The summed E-state index contributed by atoms with van der Waals surface area (Å²) in [4.78, 5) is 4.04. The van der Waals surface area contributed by atoms with Crippen LogP contribution in [-0.2, 0) is 11.8 Å². The highest BCUT2D eigenvalue weighted by Crippen LogP contribution is 2.35. The maximum Gasteiger partial charge on any atom is 0.0621 e. The molecule has 1 aromatic heterocycles. The van der Waals surface area contributed by atoms with Crippen molar-refractivity contribution in [3.63, 3.8) is 0 Å². The van der Waals surface area contributed by atoms with E-state index in [9.17, 15) is 0 Å². The molecule has 0 unspecified atom stereocenters. The molecule has 0 aliphatic carbocycles. The lowest BCUT2D eigenvalue weighted by Gasteiger charge is -2.31. The van der Waals surface area contributed by atoms with Gasteiger partial charge in [0.25, 0.3) is 0 Å². The van der Waals surface area contributed by atoms with Crippen LogP contribution in [0.4, 0.5) is 0 Å². The second kappa shape index (κ2) is 7.26. The van der Waals surface area contributed by atoms with Gasteiger partial charge in [-0.15, -0.1) is 0 Å². The zero-order chi connectivity index (χ0) is 14.6. The van der Waals surface area contributed by atoms with Crippen LogP contribution in [0.1, 0.15) is 11.1 Å². The molecule has 0 atom stereocenters. The summed E-state index contributed by atoms with van der Waals surface area (Å²) in [6.07, 6.45) is 4.26. The molecule has 2 rings (SSSR count). The van der Waals surface area contributed by atoms with Gasteiger partial charge in [-0.2, -0.15) is 0 Å². The molecule has 0 saturated carbocycles. The number of hydrogen-bond donors (Lipinski definition) is 0. The summed E-state index contributed by atoms with van der Waals surface area (Å²) < 4.78 is 0. The maximum absolute atomic E-state index is 6.24. The van der Waals surface area contributed by atoms with Crippen LogP contribution in [0, 0.1) is 0 Å². The molecule has 0 fully saturated rings. The summed E-state index contributed by atoms with van der Waals surface area (Å²) >= 11 is 19.7. The van der Waals surface area contributed by atoms with Gasteiger partial charge in [0.1, 0.15) is 0 Å². The molecule has 5 heteroatoms. The molecule has 106 valence electrons. The molecule has 1 heterocycles. The van der Waals surface area contributed by atoms with Crippen molar-refractivity contribution in [1.29, 1.82) is 0 Å². The van der Waals surface area contributed by atoms with Gasteiger partial charge in [0.05, 0.1) is 5.02 Å². The average molecular weight is 438 g/mol. The van der Waals surface area contributed by atoms with Crippen molar-refractivity contribution in [3.05, 3.63) is 63.9 Å². The molecule has 2 aromatic rings. The molecule has 20 heavy (non-hydrogen) atoms. The van der Waals surface area contributed by atoms with Crippen molar-refractivity contribution in [1.82, 2.24) is 4.98 Å². The van der Waals surface area contributed by atoms with Crippen LogP contribution in [0.15, 0.2) is 42.7 Å². The van der Waals surface area contributed by atoms with Gasteiger partial charge in [-0.25, -0.2) is 0 Å². The van der Waals surface area contributed by atoms with Crippen molar-refractivity contribution in [3.8, 4) is 0 Å². The minimum atomic E-state index is -0.101. The van der Waals surface area contributed by atoms with E-state index in [1.54, 1.807) is 12.4 Å². The summed E-state index contributed by atoms with van der Waals surface area (Å²) in [5, 5.41) is 3.06. The van der Waals surface area contributed by atoms with E-state index in [1.165, 1.54) is 5.56 Å². The maximum atomic E-state index is 6.24. The Morgan fingerprint density at radius 1 is 1.10 bits per heavy atom. The van der Waals surface area contributed by atoms with Gasteiger partial charge in [0.15, 0.2) is 0 Å². The topological polar surface area (TPSA) is 12.9 Å². The zero-order valence-corrected chi connectivity index (χ0v) is 15.3. The summed E-state index contributed by atoms with van der Waals surface area (Å²) in [6.45, 7) is 0. The first-order valence-corrected chi connectivity index (χ1v) is 9.07. The highest BCUT2D eigenvalue weighted by molar-refractivity contribution is 9.09. The Morgan fingerprint density at radius 3 is 2.45 bits per heavy atom. The fraction of sp³-hybridized carbons (Fsp3) is 0.267. The molecular weight excluding hydrogens is 425 g/mol. The largest absolute Gasteiger partial charge is 0.263 e. The van der Waals surface area contributed by atoms with Gasteiger partial charge in [0.2, 0.25) is 0 Å². The normalized spacial score (nSPS) is 11.6.